The number of hydrogen-bond acceptors (Lipinski definition) is 4. The number of hydrogen-bond donors (Lipinski definition) is 1. The summed E-state index contributed by atoms with van der Waals surface area (Å²) in [4.78, 5) is 12.6. The second kappa shape index (κ2) is 10.1. The van der Waals surface area contributed by atoms with Crippen molar-refractivity contribution in [1.29, 1.82) is 0 Å². The summed E-state index contributed by atoms with van der Waals surface area (Å²) in [6, 6.07) is 19.4. The second-order valence-corrected chi connectivity index (χ2v) is 10.7. The lowest BCUT2D eigenvalue weighted by atomic mass is 10.0. The van der Waals surface area contributed by atoms with Crippen LogP contribution in [0.3, 0.4) is 0 Å². The minimum absolute atomic E-state index is 0.176. The second-order valence-electron chi connectivity index (χ2n) is 8.37. The summed E-state index contributed by atoms with van der Waals surface area (Å²) in [6.07, 6.45) is 1.65. The molecule has 0 fully saturated rings. The van der Waals surface area contributed by atoms with Gasteiger partial charge in [-0.2, -0.15) is 0 Å². The van der Waals surface area contributed by atoms with Crippen molar-refractivity contribution in [3.05, 3.63) is 88.4 Å². The number of halogens is 1. The van der Waals surface area contributed by atoms with Crippen LogP contribution >= 0.6 is 11.6 Å². The predicted octanol–water partition coefficient (Wildman–Crippen LogP) is 5.05. The number of sulfonamides is 1. The summed E-state index contributed by atoms with van der Waals surface area (Å²) in [7, 11) is -3.71. The summed E-state index contributed by atoms with van der Waals surface area (Å²) in [6.45, 7) is 3.92. The van der Waals surface area contributed by atoms with Crippen molar-refractivity contribution in [2.45, 2.75) is 37.6 Å². The Balaban J connectivity index is 1.42. The van der Waals surface area contributed by atoms with Gasteiger partial charge in [0.05, 0.1) is 16.6 Å². The Bertz CT molecular complexity index is 1290. The van der Waals surface area contributed by atoms with Gasteiger partial charge in [0.15, 0.2) is 6.61 Å². The van der Waals surface area contributed by atoms with Gasteiger partial charge >= 0.3 is 0 Å². The molecular weight excluding hydrogens is 472 g/mol. The smallest absolute Gasteiger partial charge is 0.264 e. The first-order valence-electron chi connectivity index (χ1n) is 11.1. The molecule has 0 radical (unpaired) electrons. The molecule has 0 spiro atoms. The third-order valence-electron chi connectivity index (χ3n) is 5.91. The Morgan fingerprint density at radius 1 is 1.12 bits per heavy atom. The van der Waals surface area contributed by atoms with E-state index in [1.54, 1.807) is 31.2 Å². The van der Waals surface area contributed by atoms with Crippen molar-refractivity contribution in [2.75, 3.05) is 17.5 Å². The molecule has 4 rings (SSSR count). The lowest BCUT2D eigenvalue weighted by Gasteiger charge is -2.30. The summed E-state index contributed by atoms with van der Waals surface area (Å²) < 4.78 is 33.9. The first kappa shape index (κ1) is 24.1. The number of rotatable bonds is 7. The van der Waals surface area contributed by atoms with Crippen LogP contribution in [-0.4, -0.2) is 27.5 Å². The first-order valence-corrected chi connectivity index (χ1v) is 13.0. The molecule has 1 aliphatic heterocycles. The van der Waals surface area contributed by atoms with E-state index in [-0.39, 0.29) is 23.5 Å². The van der Waals surface area contributed by atoms with Gasteiger partial charge in [0.2, 0.25) is 0 Å². The van der Waals surface area contributed by atoms with Crippen LogP contribution in [0.25, 0.3) is 0 Å². The number of carbonyl (C=O) groups excluding carboxylic acids is 1. The molecule has 3 aromatic rings. The Hall–Kier alpha value is -3.03. The first-order chi connectivity index (χ1) is 16.3. The number of carbonyl (C=O) groups is 1. The molecular formula is C26H27ClN2O4S. The number of ether oxygens (including phenoxy) is 1. The van der Waals surface area contributed by atoms with Crippen molar-refractivity contribution in [1.82, 2.24) is 5.32 Å². The van der Waals surface area contributed by atoms with Gasteiger partial charge in [-0.25, -0.2) is 8.42 Å². The van der Waals surface area contributed by atoms with Crippen LogP contribution in [0.2, 0.25) is 5.02 Å². The van der Waals surface area contributed by atoms with Gasteiger partial charge in [-0.3, -0.25) is 9.10 Å². The van der Waals surface area contributed by atoms with E-state index in [0.717, 1.165) is 29.7 Å². The van der Waals surface area contributed by atoms with E-state index < -0.39 is 10.0 Å². The van der Waals surface area contributed by atoms with Crippen LogP contribution in [0.5, 0.6) is 5.75 Å². The van der Waals surface area contributed by atoms with E-state index in [9.17, 15) is 13.2 Å². The minimum Gasteiger partial charge on any atom is -0.484 e. The normalized spacial score (nSPS) is 14.3. The fourth-order valence-electron chi connectivity index (χ4n) is 4.08. The van der Waals surface area contributed by atoms with E-state index >= 15 is 0 Å². The molecule has 0 aromatic heterocycles. The van der Waals surface area contributed by atoms with Crippen molar-refractivity contribution in [3.8, 4) is 5.75 Å². The molecule has 0 aliphatic carbocycles. The molecule has 1 amide bonds. The number of nitrogens with one attached hydrogen (secondary N) is 1. The third-order valence-corrected chi connectivity index (χ3v) is 7.97. The minimum atomic E-state index is -3.71. The monoisotopic (exact) mass is 498 g/mol. The number of anilines is 1. The summed E-state index contributed by atoms with van der Waals surface area (Å²) in [5, 5.41) is 3.52. The molecule has 6 nitrogen and oxygen atoms in total. The number of aryl methyl sites for hydroxylation is 2. The van der Waals surface area contributed by atoms with E-state index in [2.05, 4.69) is 5.32 Å². The zero-order valence-electron chi connectivity index (χ0n) is 19.1. The summed E-state index contributed by atoms with van der Waals surface area (Å²) in [5.74, 6) is 0.191. The fraction of sp³-hybridized carbons (Fsp3) is 0.269. The maximum atomic E-state index is 13.4. The zero-order chi connectivity index (χ0) is 24.3. The number of para-hydroxylation sites is 1. The highest BCUT2D eigenvalue weighted by Crippen LogP contribution is 2.33. The molecule has 1 heterocycles. The number of nitrogens with zero attached hydrogens (tertiary/aromatic N) is 1. The van der Waals surface area contributed by atoms with Gasteiger partial charge in [-0.15, -0.1) is 0 Å². The SMILES string of the molecule is Cc1cc(S(=O)(=O)N2CCCc3ccccc32)ccc1OCC(=O)NC(C)c1ccc(Cl)cc1. The highest BCUT2D eigenvalue weighted by atomic mass is 35.5. The molecule has 34 heavy (non-hydrogen) atoms. The van der Waals surface area contributed by atoms with E-state index in [1.807, 2.05) is 43.3 Å². The molecule has 0 saturated heterocycles. The van der Waals surface area contributed by atoms with Crippen LogP contribution in [0.15, 0.2) is 71.6 Å². The van der Waals surface area contributed by atoms with Crippen molar-refractivity contribution in [2.24, 2.45) is 0 Å². The lowest BCUT2D eigenvalue weighted by molar-refractivity contribution is -0.123. The molecule has 1 N–H and O–H groups in total. The molecule has 178 valence electrons. The summed E-state index contributed by atoms with van der Waals surface area (Å²) in [5.41, 5.74) is 3.35. The van der Waals surface area contributed by atoms with Gasteiger partial charge < -0.3 is 10.1 Å². The highest BCUT2D eigenvalue weighted by Gasteiger charge is 2.29. The summed E-state index contributed by atoms with van der Waals surface area (Å²) >= 11 is 5.91. The number of fused-ring (bicyclic) bond motifs is 1. The molecule has 3 aromatic carbocycles. The molecule has 1 aliphatic rings. The third kappa shape index (κ3) is 5.21. The van der Waals surface area contributed by atoms with Gasteiger partial charge in [0.25, 0.3) is 15.9 Å². The fourth-order valence-corrected chi connectivity index (χ4v) is 5.83. The van der Waals surface area contributed by atoms with Gasteiger partial charge in [-0.1, -0.05) is 41.9 Å². The van der Waals surface area contributed by atoms with Crippen LogP contribution < -0.4 is 14.4 Å². The molecule has 0 bridgehead atoms. The average molecular weight is 499 g/mol. The highest BCUT2D eigenvalue weighted by molar-refractivity contribution is 7.92. The Kier molecular flexibility index (Phi) is 7.14. The Morgan fingerprint density at radius 2 is 1.85 bits per heavy atom. The molecule has 0 saturated carbocycles. The quantitative estimate of drug-likeness (QED) is 0.494. The topological polar surface area (TPSA) is 75.7 Å². The van der Waals surface area contributed by atoms with E-state index in [0.29, 0.717) is 22.9 Å². The largest absolute Gasteiger partial charge is 0.484 e. The number of amides is 1. The van der Waals surface area contributed by atoms with Crippen molar-refractivity contribution >= 4 is 33.2 Å². The van der Waals surface area contributed by atoms with Crippen LogP contribution in [-0.2, 0) is 21.2 Å². The maximum Gasteiger partial charge on any atom is 0.264 e. The van der Waals surface area contributed by atoms with Gasteiger partial charge in [-0.05, 0) is 79.8 Å². The zero-order valence-corrected chi connectivity index (χ0v) is 20.7. The van der Waals surface area contributed by atoms with Gasteiger partial charge in [0, 0.05) is 11.6 Å². The standard InChI is InChI=1S/C26H27ClN2O4S/c1-18-16-23(34(31,32)29-15-5-7-21-6-3-4-8-24(21)29)13-14-25(18)33-17-26(30)28-19(2)20-9-11-22(27)12-10-20/h3-4,6,8-14,16,19H,5,7,15,17H2,1-2H3,(H,28,30). The van der Waals surface area contributed by atoms with Crippen molar-refractivity contribution < 1.29 is 17.9 Å². The Labute approximate surface area is 205 Å². The molecule has 1 unspecified atom stereocenters. The van der Waals surface area contributed by atoms with Crippen LogP contribution in [0, 0.1) is 6.92 Å². The maximum absolute atomic E-state index is 13.4. The van der Waals surface area contributed by atoms with E-state index in [1.165, 1.54) is 10.4 Å². The van der Waals surface area contributed by atoms with Crippen LogP contribution in [0.1, 0.15) is 36.1 Å². The molecule has 8 heteroatoms. The van der Waals surface area contributed by atoms with Gasteiger partial charge in [0.1, 0.15) is 5.75 Å². The predicted molar refractivity (Wildman–Crippen MR) is 134 cm³/mol. The molecule has 1 atom stereocenters. The Morgan fingerprint density at radius 3 is 2.59 bits per heavy atom. The van der Waals surface area contributed by atoms with E-state index in [4.69, 9.17) is 16.3 Å². The van der Waals surface area contributed by atoms with Crippen LogP contribution in [0.4, 0.5) is 5.69 Å². The number of benzene rings is 3. The van der Waals surface area contributed by atoms with Crippen molar-refractivity contribution in [3.63, 3.8) is 0 Å². The average Bonchev–Trinajstić information content (AvgIpc) is 2.83. The lowest BCUT2D eigenvalue weighted by Crippen LogP contribution is -2.35.